The number of ether oxygens (including phenoxy) is 2. The van der Waals surface area contributed by atoms with Gasteiger partial charge in [-0.2, -0.15) is 0 Å². The van der Waals surface area contributed by atoms with Gasteiger partial charge in [-0.25, -0.2) is 4.79 Å². The van der Waals surface area contributed by atoms with Crippen molar-refractivity contribution in [1.29, 1.82) is 0 Å². The maximum absolute atomic E-state index is 11.9. The van der Waals surface area contributed by atoms with Crippen molar-refractivity contribution in [3.05, 3.63) is 65.7 Å². The Kier molecular flexibility index (Phi) is 9.03. The number of rotatable bonds is 8. The average molecular weight is 364 g/mol. The second-order valence-corrected chi connectivity index (χ2v) is 6.08. The second kappa shape index (κ2) is 10.7. The molecule has 0 aliphatic heterocycles. The van der Waals surface area contributed by atoms with Gasteiger partial charge in [0.2, 0.25) is 0 Å². The number of benzene rings is 2. The van der Waals surface area contributed by atoms with Gasteiger partial charge in [-0.05, 0) is 38.6 Å². The van der Waals surface area contributed by atoms with Crippen molar-refractivity contribution in [3.63, 3.8) is 0 Å². The molecular formula is C20H26ClNO3. The molecule has 5 heteroatoms. The van der Waals surface area contributed by atoms with Crippen LogP contribution in [0.15, 0.2) is 54.6 Å². The van der Waals surface area contributed by atoms with E-state index in [1.54, 1.807) is 0 Å². The summed E-state index contributed by atoms with van der Waals surface area (Å²) in [6, 6.07) is 17.8. The molecule has 0 aliphatic rings. The predicted octanol–water partition coefficient (Wildman–Crippen LogP) is 3.86. The number of nitrogens with zero attached hydrogens (tertiary/aromatic N) is 1. The molecular weight excluding hydrogens is 338 g/mol. The first-order valence-electron chi connectivity index (χ1n) is 8.14. The highest BCUT2D eigenvalue weighted by Gasteiger charge is 2.13. The minimum atomic E-state index is -0.351. The molecule has 136 valence electrons. The molecule has 0 fully saturated rings. The zero-order valence-electron chi connectivity index (χ0n) is 15.0. The Hall–Kier alpha value is -2.04. The van der Waals surface area contributed by atoms with Crippen LogP contribution in [0, 0.1) is 6.92 Å². The largest absolute Gasteiger partial charge is 0.482 e. The summed E-state index contributed by atoms with van der Waals surface area (Å²) in [6.07, 6.45) is -0.187. The quantitative estimate of drug-likeness (QED) is 0.667. The molecule has 0 heterocycles. The third kappa shape index (κ3) is 8.05. The molecule has 2 rings (SSSR count). The van der Waals surface area contributed by atoms with Gasteiger partial charge in [0.05, 0.1) is 0 Å². The number of likely N-dealkylation sites (N-methyl/N-ethyl adjacent to an activating group) is 1. The van der Waals surface area contributed by atoms with E-state index in [-0.39, 0.29) is 31.1 Å². The Bertz CT molecular complexity index is 631. The van der Waals surface area contributed by atoms with Crippen molar-refractivity contribution in [2.45, 2.75) is 26.5 Å². The fourth-order valence-corrected chi connectivity index (χ4v) is 2.47. The summed E-state index contributed by atoms with van der Waals surface area (Å²) >= 11 is 0. The van der Waals surface area contributed by atoms with Crippen molar-refractivity contribution in [3.8, 4) is 5.75 Å². The summed E-state index contributed by atoms with van der Waals surface area (Å²) in [5.74, 6) is 0.322. The van der Waals surface area contributed by atoms with E-state index in [9.17, 15) is 4.79 Å². The molecule has 1 unspecified atom stereocenters. The van der Waals surface area contributed by atoms with Crippen LogP contribution in [0.3, 0.4) is 0 Å². The molecule has 0 aliphatic carbocycles. The molecule has 4 nitrogen and oxygen atoms in total. The molecule has 1 atom stereocenters. The van der Waals surface area contributed by atoms with Crippen molar-refractivity contribution in [2.24, 2.45) is 0 Å². The number of hydrogen-bond donors (Lipinski definition) is 0. The SMILES string of the molecule is Cc1ccc(OCC(=O)OC(C)CN(C)Cc2ccccc2)cc1.Cl. The number of carbonyl (C=O) groups excluding carboxylic acids is 1. The van der Waals surface area contributed by atoms with Crippen molar-refractivity contribution >= 4 is 18.4 Å². The van der Waals surface area contributed by atoms with Crippen LogP contribution in [0.4, 0.5) is 0 Å². The Morgan fingerprint density at radius 3 is 2.36 bits per heavy atom. The van der Waals surface area contributed by atoms with Crippen LogP contribution in [0.5, 0.6) is 5.75 Å². The zero-order valence-corrected chi connectivity index (χ0v) is 15.8. The maximum Gasteiger partial charge on any atom is 0.344 e. The van der Waals surface area contributed by atoms with Crippen molar-refractivity contribution < 1.29 is 14.3 Å². The van der Waals surface area contributed by atoms with E-state index in [4.69, 9.17) is 9.47 Å². The first-order valence-corrected chi connectivity index (χ1v) is 8.14. The first-order chi connectivity index (χ1) is 11.5. The predicted molar refractivity (Wildman–Crippen MR) is 102 cm³/mol. The standard InChI is InChI=1S/C20H25NO3.ClH/c1-16-9-11-19(12-10-16)23-15-20(22)24-17(2)13-21(3)14-18-7-5-4-6-8-18;/h4-12,17H,13-15H2,1-3H3;1H. The lowest BCUT2D eigenvalue weighted by atomic mass is 10.2. The molecule has 2 aromatic carbocycles. The van der Waals surface area contributed by atoms with Gasteiger partial charge in [0.1, 0.15) is 11.9 Å². The van der Waals surface area contributed by atoms with Gasteiger partial charge in [-0.15, -0.1) is 12.4 Å². The molecule has 0 N–H and O–H groups in total. The van der Waals surface area contributed by atoms with Gasteiger partial charge >= 0.3 is 5.97 Å². The normalized spacial score (nSPS) is 11.5. The number of halogens is 1. The monoisotopic (exact) mass is 363 g/mol. The number of hydrogen-bond acceptors (Lipinski definition) is 4. The van der Waals surface area contributed by atoms with E-state index >= 15 is 0 Å². The molecule has 0 saturated carbocycles. The fourth-order valence-electron chi connectivity index (χ4n) is 2.47. The van der Waals surface area contributed by atoms with Gasteiger partial charge in [0, 0.05) is 13.1 Å². The summed E-state index contributed by atoms with van der Waals surface area (Å²) < 4.78 is 10.8. The summed E-state index contributed by atoms with van der Waals surface area (Å²) in [7, 11) is 2.01. The average Bonchev–Trinajstić information content (AvgIpc) is 2.55. The Balaban J connectivity index is 0.00000312. The van der Waals surface area contributed by atoms with E-state index in [1.807, 2.05) is 63.4 Å². The molecule has 0 bridgehead atoms. The molecule has 2 aromatic rings. The maximum atomic E-state index is 11.9. The molecule has 0 amide bonds. The van der Waals surface area contributed by atoms with E-state index in [0.29, 0.717) is 12.3 Å². The highest BCUT2D eigenvalue weighted by atomic mass is 35.5. The van der Waals surface area contributed by atoms with E-state index in [1.165, 1.54) is 5.56 Å². The topological polar surface area (TPSA) is 38.8 Å². The number of aryl methyl sites for hydroxylation is 1. The van der Waals surface area contributed by atoms with E-state index in [2.05, 4.69) is 17.0 Å². The lowest BCUT2D eigenvalue weighted by Crippen LogP contribution is -2.31. The minimum Gasteiger partial charge on any atom is -0.482 e. The van der Waals surface area contributed by atoms with Gasteiger partial charge in [-0.3, -0.25) is 4.90 Å². The first kappa shape index (κ1) is 21.0. The Labute approximate surface area is 156 Å². The van der Waals surface area contributed by atoms with Crippen LogP contribution >= 0.6 is 12.4 Å². The van der Waals surface area contributed by atoms with Crippen LogP contribution in [-0.4, -0.2) is 37.2 Å². The van der Waals surface area contributed by atoms with Crippen molar-refractivity contribution in [1.82, 2.24) is 4.90 Å². The Morgan fingerprint density at radius 2 is 1.72 bits per heavy atom. The number of carbonyl (C=O) groups is 1. The third-order valence-electron chi connectivity index (χ3n) is 3.57. The van der Waals surface area contributed by atoms with Crippen LogP contribution in [0.1, 0.15) is 18.1 Å². The van der Waals surface area contributed by atoms with Crippen LogP contribution in [0.2, 0.25) is 0 Å². The minimum absolute atomic E-state index is 0. The summed E-state index contributed by atoms with van der Waals surface area (Å²) in [4.78, 5) is 14.0. The van der Waals surface area contributed by atoms with E-state index < -0.39 is 0 Å². The van der Waals surface area contributed by atoms with Crippen LogP contribution in [0.25, 0.3) is 0 Å². The Morgan fingerprint density at radius 1 is 1.08 bits per heavy atom. The molecule has 0 saturated heterocycles. The fraction of sp³-hybridized carbons (Fsp3) is 0.350. The molecule has 0 spiro atoms. The lowest BCUT2D eigenvalue weighted by molar-refractivity contribution is -0.151. The van der Waals surface area contributed by atoms with Gasteiger partial charge in [-0.1, -0.05) is 48.0 Å². The highest BCUT2D eigenvalue weighted by molar-refractivity contribution is 5.85. The summed E-state index contributed by atoms with van der Waals surface area (Å²) in [5.41, 5.74) is 2.39. The van der Waals surface area contributed by atoms with Crippen LogP contribution < -0.4 is 4.74 Å². The molecule has 25 heavy (non-hydrogen) atoms. The highest BCUT2D eigenvalue weighted by Crippen LogP contribution is 2.11. The van der Waals surface area contributed by atoms with Gasteiger partial charge in [0.25, 0.3) is 0 Å². The van der Waals surface area contributed by atoms with E-state index in [0.717, 1.165) is 12.1 Å². The second-order valence-electron chi connectivity index (χ2n) is 6.08. The van der Waals surface area contributed by atoms with Crippen molar-refractivity contribution in [2.75, 3.05) is 20.2 Å². The van der Waals surface area contributed by atoms with Gasteiger partial charge < -0.3 is 9.47 Å². The van der Waals surface area contributed by atoms with Crippen LogP contribution in [-0.2, 0) is 16.1 Å². The van der Waals surface area contributed by atoms with Gasteiger partial charge in [0.15, 0.2) is 6.61 Å². The number of esters is 1. The zero-order chi connectivity index (χ0) is 17.4. The third-order valence-corrected chi connectivity index (χ3v) is 3.57. The molecule has 0 radical (unpaired) electrons. The summed E-state index contributed by atoms with van der Waals surface area (Å²) in [6.45, 7) is 5.32. The molecule has 0 aromatic heterocycles. The lowest BCUT2D eigenvalue weighted by Gasteiger charge is -2.21. The summed E-state index contributed by atoms with van der Waals surface area (Å²) in [5, 5.41) is 0. The smallest absolute Gasteiger partial charge is 0.344 e.